The summed E-state index contributed by atoms with van der Waals surface area (Å²) in [7, 11) is 0. The molecule has 4 nitrogen and oxygen atoms in total. The molecule has 0 amide bonds. The fourth-order valence-electron chi connectivity index (χ4n) is 2.81. The summed E-state index contributed by atoms with van der Waals surface area (Å²) in [5.41, 5.74) is 0.668. The molecule has 112 valence electrons. The van der Waals surface area contributed by atoms with Crippen molar-refractivity contribution in [1.82, 2.24) is 10.1 Å². The number of hydrogen-bond donors (Lipinski definition) is 1. The number of benzene rings is 1. The van der Waals surface area contributed by atoms with E-state index in [0.29, 0.717) is 34.1 Å². The van der Waals surface area contributed by atoms with E-state index in [4.69, 9.17) is 4.52 Å². The molecule has 21 heavy (non-hydrogen) atoms. The van der Waals surface area contributed by atoms with Crippen LogP contribution in [0.25, 0.3) is 11.4 Å². The molecular weight excluding hydrogens is 339 g/mol. The summed E-state index contributed by atoms with van der Waals surface area (Å²) in [5, 5.41) is 14.1. The molecule has 0 radical (unpaired) electrons. The van der Waals surface area contributed by atoms with Crippen molar-refractivity contribution in [3.05, 3.63) is 34.4 Å². The van der Waals surface area contributed by atoms with Crippen LogP contribution in [-0.2, 0) is 6.42 Å². The normalized spacial score (nSPS) is 17.3. The first kappa shape index (κ1) is 14.7. The first-order chi connectivity index (χ1) is 10.1. The lowest BCUT2D eigenvalue weighted by Crippen LogP contribution is -2.20. The van der Waals surface area contributed by atoms with E-state index in [1.54, 1.807) is 6.07 Å². The first-order valence-electron chi connectivity index (χ1n) is 7.09. The second-order valence-corrected chi connectivity index (χ2v) is 6.31. The van der Waals surface area contributed by atoms with Gasteiger partial charge < -0.3 is 9.63 Å². The van der Waals surface area contributed by atoms with Gasteiger partial charge in [-0.2, -0.15) is 4.98 Å². The van der Waals surface area contributed by atoms with E-state index >= 15 is 0 Å². The molecule has 3 rings (SSSR count). The van der Waals surface area contributed by atoms with Gasteiger partial charge in [0.05, 0.1) is 12.5 Å². The zero-order chi connectivity index (χ0) is 14.8. The minimum atomic E-state index is -0.433. The molecule has 1 aliphatic carbocycles. The van der Waals surface area contributed by atoms with Gasteiger partial charge in [0.15, 0.2) is 0 Å². The smallest absolute Gasteiger partial charge is 0.229 e. The SMILES string of the molecule is OC(Cc1nc(-c2ccc(F)cc2Br)no1)C1CCCC1. The zero-order valence-corrected chi connectivity index (χ0v) is 13.0. The fraction of sp³-hybridized carbons (Fsp3) is 0.467. The number of hydrogen-bond acceptors (Lipinski definition) is 4. The summed E-state index contributed by atoms with van der Waals surface area (Å²) in [6.45, 7) is 0. The Kier molecular flexibility index (Phi) is 4.35. The van der Waals surface area contributed by atoms with Crippen LogP contribution < -0.4 is 0 Å². The van der Waals surface area contributed by atoms with Crippen molar-refractivity contribution in [2.24, 2.45) is 5.92 Å². The summed E-state index contributed by atoms with van der Waals surface area (Å²) in [4.78, 5) is 4.29. The molecule has 2 aromatic rings. The summed E-state index contributed by atoms with van der Waals surface area (Å²) in [6.07, 6.45) is 4.42. The molecule has 1 saturated carbocycles. The second-order valence-electron chi connectivity index (χ2n) is 5.45. The van der Waals surface area contributed by atoms with Crippen LogP contribution in [0.15, 0.2) is 27.2 Å². The molecule has 1 heterocycles. The number of aromatic nitrogens is 2. The van der Waals surface area contributed by atoms with Crippen molar-refractivity contribution < 1.29 is 14.0 Å². The average Bonchev–Trinajstić information content (AvgIpc) is 3.09. The van der Waals surface area contributed by atoms with E-state index in [9.17, 15) is 9.50 Å². The van der Waals surface area contributed by atoms with Gasteiger partial charge in [-0.05, 0) is 52.9 Å². The Morgan fingerprint density at radius 1 is 1.38 bits per heavy atom. The van der Waals surface area contributed by atoms with Gasteiger partial charge in [0.2, 0.25) is 11.7 Å². The van der Waals surface area contributed by atoms with Crippen LogP contribution >= 0.6 is 15.9 Å². The van der Waals surface area contributed by atoms with E-state index in [-0.39, 0.29) is 5.82 Å². The van der Waals surface area contributed by atoms with E-state index in [1.165, 1.54) is 25.0 Å². The van der Waals surface area contributed by atoms with Gasteiger partial charge in [0.1, 0.15) is 5.82 Å². The van der Waals surface area contributed by atoms with Gasteiger partial charge >= 0.3 is 0 Å². The number of aliphatic hydroxyl groups excluding tert-OH is 1. The highest BCUT2D eigenvalue weighted by Crippen LogP contribution is 2.30. The van der Waals surface area contributed by atoms with Crippen molar-refractivity contribution in [2.75, 3.05) is 0 Å². The predicted molar refractivity (Wildman–Crippen MR) is 79.1 cm³/mol. The fourth-order valence-corrected chi connectivity index (χ4v) is 3.33. The van der Waals surface area contributed by atoms with Crippen molar-refractivity contribution >= 4 is 15.9 Å². The topological polar surface area (TPSA) is 59.2 Å². The van der Waals surface area contributed by atoms with Gasteiger partial charge in [0.25, 0.3) is 0 Å². The molecule has 0 bridgehead atoms. The Labute approximate surface area is 130 Å². The van der Waals surface area contributed by atoms with Gasteiger partial charge in [-0.25, -0.2) is 4.39 Å². The molecule has 0 spiro atoms. The molecule has 1 aromatic heterocycles. The third kappa shape index (κ3) is 3.32. The molecule has 1 N–H and O–H groups in total. The molecule has 1 atom stereocenters. The van der Waals surface area contributed by atoms with Crippen molar-refractivity contribution in [2.45, 2.75) is 38.2 Å². The Morgan fingerprint density at radius 2 is 2.14 bits per heavy atom. The maximum absolute atomic E-state index is 13.1. The second kappa shape index (κ2) is 6.23. The highest BCUT2D eigenvalue weighted by molar-refractivity contribution is 9.10. The van der Waals surface area contributed by atoms with E-state index < -0.39 is 6.10 Å². The Hall–Kier alpha value is -1.27. The van der Waals surface area contributed by atoms with E-state index in [2.05, 4.69) is 26.1 Å². The summed E-state index contributed by atoms with van der Waals surface area (Å²) < 4.78 is 18.9. The maximum Gasteiger partial charge on any atom is 0.229 e. The molecule has 0 aliphatic heterocycles. The number of halogens is 2. The Morgan fingerprint density at radius 3 is 2.86 bits per heavy atom. The molecule has 1 fully saturated rings. The lowest BCUT2D eigenvalue weighted by molar-refractivity contribution is 0.102. The van der Waals surface area contributed by atoms with Crippen LogP contribution in [0.5, 0.6) is 0 Å². The minimum absolute atomic E-state index is 0.328. The molecular formula is C15H16BrFN2O2. The predicted octanol–water partition coefficient (Wildman–Crippen LogP) is 3.73. The Bertz CT molecular complexity index is 626. The molecule has 1 aromatic carbocycles. The van der Waals surface area contributed by atoms with E-state index in [0.717, 1.165) is 12.8 Å². The van der Waals surface area contributed by atoms with Crippen LogP contribution in [0.1, 0.15) is 31.6 Å². The largest absolute Gasteiger partial charge is 0.392 e. The van der Waals surface area contributed by atoms with Gasteiger partial charge in [-0.15, -0.1) is 0 Å². The molecule has 0 saturated heterocycles. The van der Waals surface area contributed by atoms with Crippen LogP contribution in [0.4, 0.5) is 4.39 Å². The highest BCUT2D eigenvalue weighted by Gasteiger charge is 2.25. The Balaban J connectivity index is 1.73. The van der Waals surface area contributed by atoms with Crippen LogP contribution in [0.3, 0.4) is 0 Å². The van der Waals surface area contributed by atoms with Crippen LogP contribution in [0.2, 0.25) is 0 Å². The molecule has 6 heteroatoms. The van der Waals surface area contributed by atoms with Crippen molar-refractivity contribution in [3.8, 4) is 11.4 Å². The lowest BCUT2D eigenvalue weighted by Gasteiger charge is -2.14. The van der Waals surface area contributed by atoms with Gasteiger partial charge in [-0.1, -0.05) is 18.0 Å². The van der Waals surface area contributed by atoms with Crippen molar-refractivity contribution in [3.63, 3.8) is 0 Å². The van der Waals surface area contributed by atoms with Gasteiger partial charge in [0, 0.05) is 10.0 Å². The van der Waals surface area contributed by atoms with Gasteiger partial charge in [-0.3, -0.25) is 0 Å². The lowest BCUT2D eigenvalue weighted by atomic mass is 9.98. The summed E-state index contributed by atoms with van der Waals surface area (Å²) in [6, 6.07) is 4.31. The number of rotatable bonds is 4. The standard InChI is InChI=1S/C15H16BrFN2O2/c16-12-7-10(17)5-6-11(12)15-18-14(21-19-15)8-13(20)9-3-1-2-4-9/h5-7,9,13,20H,1-4,8H2. The van der Waals surface area contributed by atoms with E-state index in [1.807, 2.05) is 0 Å². The van der Waals surface area contributed by atoms with Crippen LogP contribution in [-0.4, -0.2) is 21.4 Å². The highest BCUT2D eigenvalue weighted by atomic mass is 79.9. The van der Waals surface area contributed by atoms with Crippen LogP contribution in [0, 0.1) is 11.7 Å². The maximum atomic E-state index is 13.1. The number of aliphatic hydroxyl groups is 1. The molecule has 1 aliphatic rings. The third-order valence-corrected chi connectivity index (χ3v) is 4.62. The average molecular weight is 355 g/mol. The monoisotopic (exact) mass is 354 g/mol. The summed E-state index contributed by atoms with van der Waals surface area (Å²) in [5.74, 6) is 0.819. The number of nitrogens with zero attached hydrogens (tertiary/aromatic N) is 2. The summed E-state index contributed by atoms with van der Waals surface area (Å²) >= 11 is 3.29. The zero-order valence-electron chi connectivity index (χ0n) is 11.4. The quantitative estimate of drug-likeness (QED) is 0.908. The molecule has 1 unspecified atom stereocenters. The third-order valence-electron chi connectivity index (χ3n) is 3.97. The first-order valence-corrected chi connectivity index (χ1v) is 7.89. The minimum Gasteiger partial charge on any atom is -0.392 e. The van der Waals surface area contributed by atoms with Crippen molar-refractivity contribution in [1.29, 1.82) is 0 Å².